The van der Waals surface area contributed by atoms with E-state index in [1.165, 1.54) is 4.68 Å². The maximum absolute atomic E-state index is 13.7. The summed E-state index contributed by atoms with van der Waals surface area (Å²) < 4.78 is 8.47. The highest BCUT2D eigenvalue weighted by atomic mass is 16.5. The molecule has 3 heterocycles. The highest BCUT2D eigenvalue weighted by molar-refractivity contribution is 6.09. The fourth-order valence-corrected chi connectivity index (χ4v) is 4.34. The van der Waals surface area contributed by atoms with Crippen molar-refractivity contribution in [2.45, 2.75) is 13.3 Å². The Kier molecular flexibility index (Phi) is 5.44. The van der Waals surface area contributed by atoms with Crippen molar-refractivity contribution in [3.8, 4) is 17.1 Å². The van der Waals surface area contributed by atoms with Crippen molar-refractivity contribution in [2.24, 2.45) is 5.73 Å². The highest BCUT2D eigenvalue weighted by Gasteiger charge is 2.34. The lowest BCUT2D eigenvalue weighted by molar-refractivity contribution is 0.0972. The molecule has 0 atom stereocenters. The van der Waals surface area contributed by atoms with Crippen LogP contribution in [0.5, 0.6) is 5.75 Å². The molecule has 0 bridgehead atoms. The molecule has 1 aliphatic rings. The third kappa shape index (κ3) is 3.86. The summed E-state index contributed by atoms with van der Waals surface area (Å²) in [4.78, 5) is 27.4. The van der Waals surface area contributed by atoms with Crippen LogP contribution in [0.1, 0.15) is 32.1 Å². The van der Waals surface area contributed by atoms with Crippen LogP contribution in [0, 0.1) is 12.3 Å². The van der Waals surface area contributed by atoms with E-state index in [-0.39, 0.29) is 11.6 Å². The van der Waals surface area contributed by atoms with Crippen LogP contribution in [0.25, 0.3) is 11.4 Å². The number of hydrogen-bond acceptors (Lipinski definition) is 5. The van der Waals surface area contributed by atoms with Gasteiger partial charge in [0.05, 0.1) is 12.8 Å². The lowest BCUT2D eigenvalue weighted by Gasteiger charge is -2.28. The number of ether oxygens (including phenoxy) is 1. The number of rotatable bonds is 5. The van der Waals surface area contributed by atoms with Crippen LogP contribution in [0.3, 0.4) is 0 Å². The predicted molar refractivity (Wildman–Crippen MR) is 130 cm³/mol. The van der Waals surface area contributed by atoms with Crippen molar-refractivity contribution >= 4 is 17.5 Å². The number of methoxy groups -OCH3 is 1. The predicted octanol–water partition coefficient (Wildman–Crippen LogP) is 2.76. The molecule has 9 nitrogen and oxygen atoms in total. The van der Waals surface area contributed by atoms with E-state index in [1.54, 1.807) is 46.9 Å². The molecule has 0 unspecified atom stereocenters. The molecule has 0 fully saturated rings. The molecule has 0 saturated heterocycles. The van der Waals surface area contributed by atoms with E-state index in [0.29, 0.717) is 46.8 Å². The minimum Gasteiger partial charge on any atom is -0.497 e. The second-order valence-corrected chi connectivity index (χ2v) is 8.33. The molecule has 0 spiro atoms. The number of aromatic nitrogens is 3. The molecule has 2 amide bonds. The second-order valence-electron chi connectivity index (χ2n) is 8.33. The molecular weight excluding hydrogens is 444 g/mol. The zero-order valence-corrected chi connectivity index (χ0v) is 19.4. The average Bonchev–Trinajstić information content (AvgIpc) is 3.26. The van der Waals surface area contributed by atoms with Crippen LogP contribution >= 0.6 is 0 Å². The Labute approximate surface area is 201 Å². The Hall–Kier alpha value is -4.66. The summed E-state index contributed by atoms with van der Waals surface area (Å²) >= 11 is 0. The molecule has 3 N–H and O–H groups in total. The van der Waals surface area contributed by atoms with Gasteiger partial charge in [-0.1, -0.05) is 0 Å². The number of benzene rings is 2. The van der Waals surface area contributed by atoms with Gasteiger partial charge in [0.2, 0.25) is 0 Å². The van der Waals surface area contributed by atoms with Gasteiger partial charge in [0.15, 0.2) is 5.69 Å². The minimum atomic E-state index is -0.666. The van der Waals surface area contributed by atoms with Gasteiger partial charge in [-0.15, -0.1) is 0 Å². The maximum Gasteiger partial charge on any atom is 0.277 e. The van der Waals surface area contributed by atoms with Crippen molar-refractivity contribution in [1.29, 1.82) is 5.41 Å². The molecule has 2 aromatic heterocycles. The van der Waals surface area contributed by atoms with Gasteiger partial charge >= 0.3 is 0 Å². The number of hydrogen-bond donors (Lipinski definition) is 2. The van der Waals surface area contributed by atoms with Gasteiger partial charge in [0.1, 0.15) is 16.9 Å². The van der Waals surface area contributed by atoms with Crippen LogP contribution in [-0.4, -0.2) is 39.8 Å². The number of carbonyl (C=O) groups excluding carboxylic acids is 2. The third-order valence-corrected chi connectivity index (χ3v) is 6.12. The van der Waals surface area contributed by atoms with Crippen molar-refractivity contribution in [1.82, 2.24) is 14.3 Å². The van der Waals surface area contributed by atoms with Crippen LogP contribution in [0.2, 0.25) is 0 Å². The summed E-state index contributed by atoms with van der Waals surface area (Å²) in [6.45, 7) is 2.34. The molecule has 0 radical (unpaired) electrons. The SMILES string of the molecule is COc1ccc(-n2nc(C(N)=O)c3c2C(=O)N(c2ccc(-n4ccc(C)cc4=N)cc2)CC3)cc1. The smallest absolute Gasteiger partial charge is 0.277 e. The number of amides is 2. The van der Waals surface area contributed by atoms with E-state index in [9.17, 15) is 9.59 Å². The van der Waals surface area contributed by atoms with E-state index in [4.69, 9.17) is 15.9 Å². The Balaban J connectivity index is 1.52. The fraction of sp³-hybridized carbons (Fsp3) is 0.154. The number of nitrogens with zero attached hydrogens (tertiary/aromatic N) is 4. The number of carbonyl (C=O) groups is 2. The maximum atomic E-state index is 13.7. The monoisotopic (exact) mass is 468 g/mol. The minimum absolute atomic E-state index is 0.109. The van der Waals surface area contributed by atoms with Gasteiger partial charge in [0.25, 0.3) is 11.8 Å². The van der Waals surface area contributed by atoms with Crippen LogP contribution in [0.4, 0.5) is 5.69 Å². The lowest BCUT2D eigenvalue weighted by atomic mass is 10.0. The fourth-order valence-electron chi connectivity index (χ4n) is 4.34. The summed E-state index contributed by atoms with van der Waals surface area (Å²) in [6, 6.07) is 18.3. The summed E-state index contributed by atoms with van der Waals surface area (Å²) in [7, 11) is 1.57. The van der Waals surface area contributed by atoms with Gasteiger partial charge in [-0.2, -0.15) is 5.10 Å². The molecule has 4 aromatic rings. The van der Waals surface area contributed by atoms with E-state index in [2.05, 4.69) is 5.10 Å². The van der Waals surface area contributed by atoms with Gasteiger partial charge in [-0.3, -0.25) is 15.0 Å². The van der Waals surface area contributed by atoms with Gasteiger partial charge in [-0.05, 0) is 79.6 Å². The molecule has 9 heteroatoms. The molecule has 35 heavy (non-hydrogen) atoms. The Morgan fingerprint density at radius 1 is 1.03 bits per heavy atom. The Morgan fingerprint density at radius 2 is 1.69 bits per heavy atom. The first-order valence-corrected chi connectivity index (χ1v) is 11.1. The summed E-state index contributed by atoms with van der Waals surface area (Å²) in [5.41, 5.74) is 10.1. The molecule has 0 aliphatic carbocycles. The number of pyridine rings is 1. The Bertz CT molecular complexity index is 1500. The number of nitrogens with one attached hydrogen (secondary N) is 1. The Morgan fingerprint density at radius 3 is 2.31 bits per heavy atom. The van der Waals surface area contributed by atoms with Crippen LogP contribution in [0.15, 0.2) is 66.9 Å². The topological polar surface area (TPSA) is 119 Å². The van der Waals surface area contributed by atoms with Crippen LogP contribution < -0.4 is 20.9 Å². The van der Waals surface area contributed by atoms with Crippen molar-refractivity contribution < 1.29 is 14.3 Å². The van der Waals surface area contributed by atoms with E-state index in [0.717, 1.165) is 11.3 Å². The van der Waals surface area contributed by atoms with E-state index < -0.39 is 5.91 Å². The highest BCUT2D eigenvalue weighted by Crippen LogP contribution is 2.29. The summed E-state index contributed by atoms with van der Waals surface area (Å²) in [6.07, 6.45) is 2.30. The molecule has 5 rings (SSSR count). The molecule has 2 aromatic carbocycles. The summed E-state index contributed by atoms with van der Waals surface area (Å²) in [5, 5.41) is 12.6. The van der Waals surface area contributed by atoms with Gasteiger partial charge in [0, 0.05) is 29.7 Å². The number of nitrogens with two attached hydrogens (primary N) is 1. The largest absolute Gasteiger partial charge is 0.497 e. The molecule has 1 aliphatic heterocycles. The lowest BCUT2D eigenvalue weighted by Crippen LogP contribution is -2.39. The van der Waals surface area contributed by atoms with E-state index >= 15 is 0 Å². The standard InChI is InChI=1S/C26H24N6O3/c1-16-11-13-30(22(27)15-16)17-3-5-18(6-4-17)31-14-12-21-23(25(28)33)29-32(24(21)26(31)34)19-7-9-20(35-2)10-8-19/h3-11,13,15,27H,12,14H2,1-2H3,(H2,28,33). The number of fused-ring (bicyclic) bond motifs is 1. The van der Waals surface area contributed by atoms with Crippen LogP contribution in [-0.2, 0) is 6.42 Å². The number of anilines is 1. The third-order valence-electron chi connectivity index (χ3n) is 6.12. The second kappa shape index (κ2) is 8.60. The quantitative estimate of drug-likeness (QED) is 0.468. The van der Waals surface area contributed by atoms with Crippen molar-refractivity contribution in [3.05, 3.63) is 94.9 Å². The van der Waals surface area contributed by atoms with E-state index in [1.807, 2.05) is 43.5 Å². The normalized spacial score (nSPS) is 13.0. The molecule has 0 saturated carbocycles. The van der Waals surface area contributed by atoms with Gasteiger partial charge in [-0.25, -0.2) is 4.68 Å². The first-order chi connectivity index (χ1) is 16.9. The van der Waals surface area contributed by atoms with Crippen molar-refractivity contribution in [2.75, 3.05) is 18.6 Å². The first kappa shape index (κ1) is 22.1. The number of aryl methyl sites for hydroxylation is 1. The molecular formula is C26H24N6O3. The average molecular weight is 469 g/mol. The zero-order valence-electron chi connectivity index (χ0n) is 19.4. The summed E-state index contributed by atoms with van der Waals surface area (Å²) in [5.74, 6) is -0.264. The first-order valence-electron chi connectivity index (χ1n) is 11.1. The molecule has 176 valence electrons. The zero-order chi connectivity index (χ0) is 24.7. The van der Waals surface area contributed by atoms with Gasteiger partial charge < -0.3 is 19.9 Å². The van der Waals surface area contributed by atoms with Crippen molar-refractivity contribution in [3.63, 3.8) is 0 Å². The number of primary amides is 1.